The van der Waals surface area contributed by atoms with Gasteiger partial charge in [-0.3, -0.25) is 19.1 Å². The Hall–Kier alpha value is -5.25. The number of methoxy groups -OCH3 is 1. The van der Waals surface area contributed by atoms with E-state index < -0.39 is 105 Å². The van der Waals surface area contributed by atoms with Gasteiger partial charge in [0.25, 0.3) is 17.7 Å². The van der Waals surface area contributed by atoms with Crippen molar-refractivity contribution in [1.29, 1.82) is 0 Å². The molecule has 11 N–H and O–H groups in total. The fraction of sp³-hybridized carbons (Fsp3) is 0.500. The molecule has 4 aromatic rings. The fourth-order valence-electron chi connectivity index (χ4n) is 10.2. The number of rotatable bonds is 14. The van der Waals surface area contributed by atoms with Crippen molar-refractivity contribution in [3.8, 4) is 5.75 Å². The molecule has 1 spiro atoms. The van der Waals surface area contributed by atoms with E-state index >= 15 is 4.79 Å². The molecule has 372 valence electrons. The minimum absolute atomic E-state index is 0.00571. The Labute approximate surface area is 396 Å². The van der Waals surface area contributed by atoms with Crippen LogP contribution in [0.5, 0.6) is 5.75 Å². The molecule has 4 aliphatic rings. The van der Waals surface area contributed by atoms with Gasteiger partial charge in [0.2, 0.25) is 0 Å². The van der Waals surface area contributed by atoms with Gasteiger partial charge in [-0.05, 0) is 60.0 Å². The fourth-order valence-corrected chi connectivity index (χ4v) is 14.3. The molecule has 3 saturated heterocycles. The molecule has 23 heteroatoms. The Morgan fingerprint density at radius 3 is 1.96 bits per heavy atom. The van der Waals surface area contributed by atoms with Crippen molar-refractivity contribution < 1.29 is 79.3 Å². The van der Waals surface area contributed by atoms with Gasteiger partial charge < -0.3 is 80.4 Å². The summed E-state index contributed by atoms with van der Waals surface area (Å²) in [6.07, 6.45) is -16.5. The Balaban J connectivity index is 1.14. The summed E-state index contributed by atoms with van der Waals surface area (Å²) in [5, 5.41) is 106. The highest BCUT2D eigenvalue weighted by Crippen LogP contribution is 2.60. The standard InChI is InChI=1S/C46H58N6O16Si/c1-22-40(69(3,4)28-12-10-27(65-2)11-13-28)31(15-17-51-21-26(16-18-53)49-50-51)68-46(22)29-19-25(48-42(61)39-35(57)33(55)37(59)44(63)67-39)9-14-30(29)52(45(46)64)20-23-5-7-24(8-6-23)47-41(60)38-34(56)32(54)36(58)43(62)66-38/h5-14,19,21-22,31-40,43-44,53-59,62-63H,15-18,20H2,1-4H3,(H,47,60)(H,48,61)/t22-,31+,32+,33+,34+,35+,36-,37-,38+,39+,40-,43-,44-,46+/m1/s1. The highest BCUT2D eigenvalue weighted by atomic mass is 28.3. The monoisotopic (exact) mass is 978 g/mol. The van der Waals surface area contributed by atoms with Crippen LogP contribution in [0.25, 0.3) is 0 Å². The van der Waals surface area contributed by atoms with Crippen molar-refractivity contribution in [3.05, 3.63) is 89.7 Å². The summed E-state index contributed by atoms with van der Waals surface area (Å²) in [7, 11) is -1.05. The predicted molar refractivity (Wildman–Crippen MR) is 244 cm³/mol. The van der Waals surface area contributed by atoms with E-state index in [4.69, 9.17) is 18.9 Å². The van der Waals surface area contributed by atoms with Crippen LogP contribution in [0.15, 0.2) is 72.9 Å². The van der Waals surface area contributed by atoms with Crippen molar-refractivity contribution in [3.63, 3.8) is 0 Å². The Bertz CT molecular complexity index is 2500. The third-order valence-electron chi connectivity index (χ3n) is 14.0. The molecule has 0 radical (unpaired) electrons. The van der Waals surface area contributed by atoms with Crippen LogP contribution >= 0.6 is 0 Å². The van der Waals surface area contributed by atoms with Crippen LogP contribution in [0, 0.1) is 5.92 Å². The summed E-state index contributed by atoms with van der Waals surface area (Å²) < 4.78 is 24.7. The van der Waals surface area contributed by atoms with Crippen LogP contribution in [0.2, 0.25) is 18.6 Å². The zero-order chi connectivity index (χ0) is 49.7. The van der Waals surface area contributed by atoms with E-state index in [-0.39, 0.29) is 30.1 Å². The normalized spacial score (nSPS) is 32.3. The Morgan fingerprint density at radius 2 is 1.38 bits per heavy atom. The zero-order valence-corrected chi connectivity index (χ0v) is 39.1. The van der Waals surface area contributed by atoms with Crippen molar-refractivity contribution in [1.82, 2.24) is 15.0 Å². The summed E-state index contributed by atoms with van der Waals surface area (Å²) in [6.45, 7) is 6.70. The van der Waals surface area contributed by atoms with Crippen molar-refractivity contribution >= 4 is 48.0 Å². The number of hydrogen-bond acceptors (Lipinski definition) is 18. The number of aryl methyl sites for hydroxylation is 1. The van der Waals surface area contributed by atoms with Crippen LogP contribution in [-0.2, 0) is 53.7 Å². The largest absolute Gasteiger partial charge is 0.497 e. The number of amides is 3. The number of carbonyl (C=O) groups excluding carboxylic acids is 3. The molecule has 8 rings (SSSR count). The maximum absolute atomic E-state index is 15.6. The molecule has 69 heavy (non-hydrogen) atoms. The summed E-state index contributed by atoms with van der Waals surface area (Å²) in [6, 6.07) is 19.1. The van der Waals surface area contributed by atoms with E-state index in [1.54, 1.807) is 65.4 Å². The van der Waals surface area contributed by atoms with Gasteiger partial charge in [-0.2, -0.15) is 0 Å². The van der Waals surface area contributed by atoms with Crippen LogP contribution in [-0.4, -0.2) is 168 Å². The van der Waals surface area contributed by atoms with Gasteiger partial charge in [0.1, 0.15) is 42.4 Å². The molecule has 0 saturated carbocycles. The third kappa shape index (κ3) is 9.31. The molecule has 0 bridgehead atoms. The summed E-state index contributed by atoms with van der Waals surface area (Å²) in [5.41, 5.74) is 0.681. The molecule has 0 aliphatic carbocycles. The Morgan fingerprint density at radius 1 is 0.797 bits per heavy atom. The zero-order valence-electron chi connectivity index (χ0n) is 38.1. The lowest BCUT2D eigenvalue weighted by molar-refractivity contribution is -0.274. The number of ether oxygens (including phenoxy) is 4. The third-order valence-corrected chi connectivity index (χ3v) is 18.3. The lowest BCUT2D eigenvalue weighted by Crippen LogP contribution is -2.60. The molecule has 22 nitrogen and oxygen atoms in total. The number of aliphatic hydroxyl groups is 9. The number of aliphatic hydroxyl groups excluding tert-OH is 9. The molecule has 3 amide bonds. The second-order valence-electron chi connectivity index (χ2n) is 18.5. The predicted octanol–water partition coefficient (Wildman–Crippen LogP) is -1.85. The van der Waals surface area contributed by atoms with Gasteiger partial charge in [-0.25, -0.2) is 0 Å². The number of fused-ring (bicyclic) bond motifs is 2. The number of benzene rings is 3. The quantitative estimate of drug-likeness (QED) is 0.0618. The Kier molecular flexibility index (Phi) is 14.4. The number of carbonyl (C=O) groups is 3. The highest BCUT2D eigenvalue weighted by molar-refractivity contribution is 6.91. The topological polar surface area (TPSA) is 328 Å². The molecule has 4 aliphatic heterocycles. The number of nitrogens with one attached hydrogen (secondary N) is 2. The molecule has 1 aromatic heterocycles. The van der Waals surface area contributed by atoms with E-state index in [2.05, 4.69) is 34.0 Å². The van der Waals surface area contributed by atoms with Crippen molar-refractivity contribution in [2.45, 2.75) is 125 Å². The smallest absolute Gasteiger partial charge is 0.264 e. The van der Waals surface area contributed by atoms with E-state index in [0.717, 1.165) is 5.19 Å². The van der Waals surface area contributed by atoms with E-state index in [1.807, 2.05) is 31.2 Å². The first-order valence-electron chi connectivity index (χ1n) is 22.6. The summed E-state index contributed by atoms with van der Waals surface area (Å²) >= 11 is 0. The SMILES string of the molecule is COc1ccc([Si](C)(C)[C@H]2[C@H](CCn3cc(CCO)nn3)O[C@@]3(C(=O)N(Cc4ccc(NC(=O)[C@H]5O[C@@H](O)[C@H](O)[C@@H](O)[C@@H]5O)cc4)c4ccc(NC(=O)[C@H]5O[C@@H](O)[C@H](O)[C@@H](O)[C@@H]5O)cc43)[C@@H]2C)cc1. The molecule has 14 atom stereocenters. The number of anilines is 3. The molecule has 0 unspecified atom stereocenters. The van der Waals surface area contributed by atoms with E-state index in [0.29, 0.717) is 47.6 Å². The van der Waals surface area contributed by atoms with Gasteiger partial charge in [-0.15, -0.1) is 5.10 Å². The molecular formula is C46H58N6O16Si. The van der Waals surface area contributed by atoms with Crippen molar-refractivity contribution in [2.24, 2.45) is 5.92 Å². The number of aromatic nitrogens is 3. The van der Waals surface area contributed by atoms with Crippen LogP contribution in [0.4, 0.5) is 17.1 Å². The molecule has 3 fully saturated rings. The maximum atomic E-state index is 15.6. The first-order valence-corrected chi connectivity index (χ1v) is 25.6. The second kappa shape index (κ2) is 19.9. The lowest BCUT2D eigenvalue weighted by Gasteiger charge is -2.37. The second-order valence-corrected chi connectivity index (χ2v) is 23.2. The molecule has 5 heterocycles. The summed E-state index contributed by atoms with van der Waals surface area (Å²) in [4.78, 5) is 43.9. The van der Waals surface area contributed by atoms with Crippen LogP contribution in [0.3, 0.4) is 0 Å². The van der Waals surface area contributed by atoms with E-state index in [1.165, 1.54) is 0 Å². The van der Waals surface area contributed by atoms with Gasteiger partial charge in [0.05, 0.1) is 39.2 Å². The number of nitrogens with zero attached hydrogens (tertiary/aromatic N) is 4. The van der Waals surface area contributed by atoms with E-state index in [9.17, 15) is 55.5 Å². The van der Waals surface area contributed by atoms with Gasteiger partial charge in [0.15, 0.2) is 30.4 Å². The minimum atomic E-state index is -2.64. The average Bonchev–Trinajstić information content (AvgIpc) is 3.98. The molecule has 3 aromatic carbocycles. The lowest BCUT2D eigenvalue weighted by atomic mass is 9.82. The number of hydrogen-bond donors (Lipinski definition) is 11. The average molecular weight is 979 g/mol. The van der Waals surface area contributed by atoms with Crippen LogP contribution in [0.1, 0.15) is 30.2 Å². The maximum Gasteiger partial charge on any atom is 0.264 e. The van der Waals surface area contributed by atoms with Gasteiger partial charge in [0, 0.05) is 48.6 Å². The first kappa shape index (κ1) is 50.1. The van der Waals surface area contributed by atoms with Gasteiger partial charge in [-0.1, -0.05) is 54.7 Å². The molecular weight excluding hydrogens is 921 g/mol. The summed E-state index contributed by atoms with van der Waals surface area (Å²) in [5.74, 6) is -2.05. The first-order chi connectivity index (χ1) is 32.8. The minimum Gasteiger partial charge on any atom is -0.497 e. The van der Waals surface area contributed by atoms with Gasteiger partial charge >= 0.3 is 0 Å². The van der Waals surface area contributed by atoms with Crippen molar-refractivity contribution in [2.75, 3.05) is 29.3 Å². The van der Waals surface area contributed by atoms with Crippen LogP contribution < -0.4 is 25.5 Å². The highest BCUT2D eigenvalue weighted by Gasteiger charge is 2.66.